The molecule has 0 unspecified atom stereocenters. The van der Waals surface area contributed by atoms with E-state index in [0.717, 1.165) is 0 Å². The first kappa shape index (κ1) is 16.0. The standard InChI is InChI=1S/C16H16ClN3O2/c17-13-8-6-12(7-9-13)16(22)19-11-3-5-15(21)20-14-4-1-2-10-18-14/h1-2,4,6-10H,3,5,11H2,(H,19,22)(H,18,20,21). The molecule has 0 saturated carbocycles. The van der Waals surface area contributed by atoms with Gasteiger partial charge in [0.25, 0.3) is 5.91 Å². The summed E-state index contributed by atoms with van der Waals surface area (Å²) in [4.78, 5) is 27.5. The van der Waals surface area contributed by atoms with E-state index in [1.807, 2.05) is 0 Å². The molecule has 2 aromatic rings. The number of anilines is 1. The topological polar surface area (TPSA) is 71.1 Å². The molecule has 0 spiro atoms. The van der Waals surface area contributed by atoms with Gasteiger partial charge in [-0.05, 0) is 42.8 Å². The quantitative estimate of drug-likeness (QED) is 0.805. The fourth-order valence-corrected chi connectivity index (χ4v) is 1.92. The molecule has 0 aliphatic heterocycles. The van der Waals surface area contributed by atoms with Crippen molar-refractivity contribution in [1.29, 1.82) is 0 Å². The summed E-state index contributed by atoms with van der Waals surface area (Å²) in [5.41, 5.74) is 0.544. The molecule has 0 bridgehead atoms. The summed E-state index contributed by atoms with van der Waals surface area (Å²) in [6, 6.07) is 11.9. The van der Waals surface area contributed by atoms with Gasteiger partial charge in [0, 0.05) is 29.7 Å². The fraction of sp³-hybridized carbons (Fsp3) is 0.188. The van der Waals surface area contributed by atoms with E-state index in [1.165, 1.54) is 0 Å². The molecule has 0 saturated heterocycles. The van der Waals surface area contributed by atoms with Gasteiger partial charge in [0.05, 0.1) is 0 Å². The molecule has 22 heavy (non-hydrogen) atoms. The second-order valence-corrected chi connectivity index (χ2v) is 5.07. The van der Waals surface area contributed by atoms with Crippen LogP contribution in [0.4, 0.5) is 5.82 Å². The number of aromatic nitrogens is 1. The minimum Gasteiger partial charge on any atom is -0.352 e. The summed E-state index contributed by atoms with van der Waals surface area (Å²) in [6.07, 6.45) is 2.48. The van der Waals surface area contributed by atoms with Crippen molar-refractivity contribution in [2.75, 3.05) is 11.9 Å². The van der Waals surface area contributed by atoms with Crippen molar-refractivity contribution in [3.63, 3.8) is 0 Å². The van der Waals surface area contributed by atoms with Crippen LogP contribution in [0.15, 0.2) is 48.7 Å². The normalized spacial score (nSPS) is 10.0. The second-order valence-electron chi connectivity index (χ2n) is 4.63. The Morgan fingerprint density at radius 2 is 1.86 bits per heavy atom. The van der Waals surface area contributed by atoms with Gasteiger partial charge in [-0.2, -0.15) is 0 Å². The number of pyridine rings is 1. The molecular formula is C16H16ClN3O2. The minimum atomic E-state index is -0.179. The third-order valence-corrected chi connectivity index (χ3v) is 3.16. The van der Waals surface area contributed by atoms with E-state index < -0.39 is 0 Å². The first-order valence-electron chi connectivity index (χ1n) is 6.90. The lowest BCUT2D eigenvalue weighted by atomic mass is 10.2. The van der Waals surface area contributed by atoms with Gasteiger partial charge in [-0.15, -0.1) is 0 Å². The second kappa shape index (κ2) is 8.14. The van der Waals surface area contributed by atoms with Gasteiger partial charge in [-0.25, -0.2) is 4.98 Å². The van der Waals surface area contributed by atoms with Crippen LogP contribution in [0.25, 0.3) is 0 Å². The Hall–Kier alpha value is -2.40. The number of hydrogen-bond donors (Lipinski definition) is 2. The van der Waals surface area contributed by atoms with Crippen molar-refractivity contribution in [1.82, 2.24) is 10.3 Å². The maximum atomic E-state index is 11.8. The van der Waals surface area contributed by atoms with Crippen LogP contribution in [0.1, 0.15) is 23.2 Å². The summed E-state index contributed by atoms with van der Waals surface area (Å²) >= 11 is 5.76. The first-order valence-corrected chi connectivity index (χ1v) is 7.27. The summed E-state index contributed by atoms with van der Waals surface area (Å²) < 4.78 is 0. The zero-order valence-corrected chi connectivity index (χ0v) is 12.6. The number of amides is 2. The van der Waals surface area contributed by atoms with E-state index in [-0.39, 0.29) is 11.8 Å². The van der Waals surface area contributed by atoms with Crippen molar-refractivity contribution >= 4 is 29.2 Å². The molecule has 114 valence electrons. The third-order valence-electron chi connectivity index (χ3n) is 2.90. The molecule has 2 amide bonds. The summed E-state index contributed by atoms with van der Waals surface area (Å²) in [5, 5.41) is 6.04. The van der Waals surface area contributed by atoms with Crippen molar-refractivity contribution in [3.05, 3.63) is 59.2 Å². The number of nitrogens with zero attached hydrogens (tertiary/aromatic N) is 1. The molecule has 0 fully saturated rings. The predicted octanol–water partition coefficient (Wildman–Crippen LogP) is 2.88. The van der Waals surface area contributed by atoms with Crippen LogP contribution in [0, 0.1) is 0 Å². The zero-order valence-electron chi connectivity index (χ0n) is 11.9. The van der Waals surface area contributed by atoms with E-state index in [0.29, 0.717) is 35.8 Å². The van der Waals surface area contributed by atoms with E-state index >= 15 is 0 Å². The molecule has 2 rings (SSSR count). The molecule has 2 N–H and O–H groups in total. The molecule has 1 aromatic carbocycles. The molecular weight excluding hydrogens is 302 g/mol. The molecule has 0 aliphatic rings. The molecule has 0 radical (unpaired) electrons. The van der Waals surface area contributed by atoms with Crippen LogP contribution in [0.5, 0.6) is 0 Å². The lowest BCUT2D eigenvalue weighted by Gasteiger charge is -2.06. The summed E-state index contributed by atoms with van der Waals surface area (Å²) in [7, 11) is 0. The van der Waals surface area contributed by atoms with Crippen LogP contribution < -0.4 is 10.6 Å². The van der Waals surface area contributed by atoms with Crippen molar-refractivity contribution in [2.45, 2.75) is 12.8 Å². The zero-order chi connectivity index (χ0) is 15.8. The Balaban J connectivity index is 1.67. The largest absolute Gasteiger partial charge is 0.352 e. The van der Waals surface area contributed by atoms with Gasteiger partial charge in [-0.1, -0.05) is 17.7 Å². The monoisotopic (exact) mass is 317 g/mol. The number of carbonyl (C=O) groups is 2. The van der Waals surface area contributed by atoms with Crippen LogP contribution in [-0.2, 0) is 4.79 Å². The van der Waals surface area contributed by atoms with Crippen molar-refractivity contribution in [3.8, 4) is 0 Å². The highest BCUT2D eigenvalue weighted by Crippen LogP contribution is 2.09. The number of halogens is 1. The average Bonchev–Trinajstić information content (AvgIpc) is 2.53. The highest BCUT2D eigenvalue weighted by atomic mass is 35.5. The molecule has 5 nitrogen and oxygen atoms in total. The Bertz CT molecular complexity index is 630. The van der Waals surface area contributed by atoms with Gasteiger partial charge >= 0.3 is 0 Å². The maximum absolute atomic E-state index is 11.8. The minimum absolute atomic E-state index is 0.126. The predicted molar refractivity (Wildman–Crippen MR) is 85.9 cm³/mol. The Labute approximate surface area is 133 Å². The van der Waals surface area contributed by atoms with E-state index in [4.69, 9.17) is 11.6 Å². The number of rotatable bonds is 6. The number of hydrogen-bond acceptors (Lipinski definition) is 3. The number of benzene rings is 1. The number of carbonyl (C=O) groups excluding carboxylic acids is 2. The van der Waals surface area contributed by atoms with E-state index in [2.05, 4.69) is 15.6 Å². The van der Waals surface area contributed by atoms with Gasteiger partial charge < -0.3 is 10.6 Å². The van der Waals surface area contributed by atoms with Gasteiger partial charge in [0.2, 0.25) is 5.91 Å². The fourth-order valence-electron chi connectivity index (χ4n) is 1.80. The summed E-state index contributed by atoms with van der Waals surface area (Å²) in [5.74, 6) is 0.221. The highest BCUT2D eigenvalue weighted by Gasteiger charge is 2.06. The lowest BCUT2D eigenvalue weighted by Crippen LogP contribution is -2.25. The molecule has 1 heterocycles. The SMILES string of the molecule is O=C(CCCNC(=O)c1ccc(Cl)cc1)Nc1ccccn1. The van der Waals surface area contributed by atoms with Crippen LogP contribution in [0.3, 0.4) is 0 Å². The van der Waals surface area contributed by atoms with Crippen LogP contribution >= 0.6 is 11.6 Å². The Morgan fingerprint density at radius 3 is 2.55 bits per heavy atom. The third kappa shape index (κ3) is 5.18. The van der Waals surface area contributed by atoms with E-state index in [1.54, 1.807) is 48.7 Å². The van der Waals surface area contributed by atoms with Gasteiger partial charge in [0.1, 0.15) is 5.82 Å². The van der Waals surface area contributed by atoms with Gasteiger partial charge in [-0.3, -0.25) is 9.59 Å². The summed E-state index contributed by atoms with van der Waals surface area (Å²) in [6.45, 7) is 0.428. The molecule has 1 aromatic heterocycles. The first-order chi connectivity index (χ1) is 10.6. The molecule has 0 aliphatic carbocycles. The van der Waals surface area contributed by atoms with Crippen molar-refractivity contribution in [2.24, 2.45) is 0 Å². The Kier molecular flexibility index (Phi) is 5.91. The lowest BCUT2D eigenvalue weighted by molar-refractivity contribution is -0.116. The number of nitrogens with one attached hydrogen (secondary N) is 2. The Morgan fingerprint density at radius 1 is 1.09 bits per heavy atom. The highest BCUT2D eigenvalue weighted by molar-refractivity contribution is 6.30. The van der Waals surface area contributed by atoms with Crippen molar-refractivity contribution < 1.29 is 9.59 Å². The van der Waals surface area contributed by atoms with Gasteiger partial charge in [0.15, 0.2) is 0 Å². The van der Waals surface area contributed by atoms with Crippen LogP contribution in [0.2, 0.25) is 5.02 Å². The molecule has 6 heteroatoms. The smallest absolute Gasteiger partial charge is 0.251 e. The van der Waals surface area contributed by atoms with E-state index in [9.17, 15) is 9.59 Å². The van der Waals surface area contributed by atoms with Crippen LogP contribution in [-0.4, -0.2) is 23.3 Å². The molecule has 0 atom stereocenters. The maximum Gasteiger partial charge on any atom is 0.251 e. The average molecular weight is 318 g/mol.